The van der Waals surface area contributed by atoms with Gasteiger partial charge in [0.2, 0.25) is 10.0 Å². The SMILES string of the molecule is CCNc1cc(S(=O)(=O)NCc2ccno2)ccn1. The molecule has 0 aliphatic heterocycles. The molecular formula is C11H14N4O3S. The van der Waals surface area contributed by atoms with Crippen LogP contribution in [-0.2, 0) is 16.6 Å². The topological polar surface area (TPSA) is 97.1 Å². The molecule has 0 saturated carbocycles. The van der Waals surface area contributed by atoms with Gasteiger partial charge < -0.3 is 9.84 Å². The highest BCUT2D eigenvalue weighted by Gasteiger charge is 2.15. The maximum Gasteiger partial charge on any atom is 0.241 e. The number of aromatic nitrogens is 2. The van der Waals surface area contributed by atoms with Gasteiger partial charge in [0.05, 0.1) is 17.6 Å². The van der Waals surface area contributed by atoms with Gasteiger partial charge in [0, 0.05) is 24.9 Å². The fourth-order valence-corrected chi connectivity index (χ4v) is 2.44. The summed E-state index contributed by atoms with van der Waals surface area (Å²) >= 11 is 0. The van der Waals surface area contributed by atoms with Gasteiger partial charge in [-0.15, -0.1) is 0 Å². The van der Waals surface area contributed by atoms with E-state index < -0.39 is 10.0 Å². The lowest BCUT2D eigenvalue weighted by atomic mass is 10.4. The van der Waals surface area contributed by atoms with Crippen molar-refractivity contribution in [3.63, 3.8) is 0 Å². The molecule has 0 radical (unpaired) electrons. The van der Waals surface area contributed by atoms with Crippen molar-refractivity contribution >= 4 is 15.8 Å². The Labute approximate surface area is 111 Å². The second-order valence-corrected chi connectivity index (χ2v) is 5.48. The van der Waals surface area contributed by atoms with Crippen molar-refractivity contribution < 1.29 is 12.9 Å². The van der Waals surface area contributed by atoms with Crippen molar-refractivity contribution in [2.45, 2.75) is 18.4 Å². The van der Waals surface area contributed by atoms with Gasteiger partial charge in [-0.3, -0.25) is 0 Å². The highest BCUT2D eigenvalue weighted by atomic mass is 32.2. The maximum absolute atomic E-state index is 12.1. The molecule has 0 unspecified atom stereocenters. The molecule has 0 bridgehead atoms. The average molecular weight is 282 g/mol. The van der Waals surface area contributed by atoms with Gasteiger partial charge in [0.25, 0.3) is 0 Å². The molecule has 2 N–H and O–H groups in total. The van der Waals surface area contributed by atoms with Crippen LogP contribution in [0.1, 0.15) is 12.7 Å². The molecule has 19 heavy (non-hydrogen) atoms. The molecule has 0 spiro atoms. The molecular weight excluding hydrogens is 268 g/mol. The number of anilines is 1. The van der Waals surface area contributed by atoms with Crippen molar-refractivity contribution in [2.75, 3.05) is 11.9 Å². The lowest BCUT2D eigenvalue weighted by molar-refractivity contribution is 0.380. The van der Waals surface area contributed by atoms with E-state index in [0.29, 0.717) is 18.1 Å². The first-order valence-electron chi connectivity index (χ1n) is 5.71. The smallest absolute Gasteiger partial charge is 0.241 e. The third-order valence-electron chi connectivity index (χ3n) is 2.33. The van der Waals surface area contributed by atoms with Crippen molar-refractivity contribution in [2.24, 2.45) is 0 Å². The molecule has 2 rings (SSSR count). The van der Waals surface area contributed by atoms with Crippen molar-refractivity contribution in [3.8, 4) is 0 Å². The Bertz CT molecular complexity index is 625. The second kappa shape index (κ2) is 5.81. The molecule has 0 atom stereocenters. The van der Waals surface area contributed by atoms with E-state index in [1.54, 1.807) is 6.07 Å². The average Bonchev–Trinajstić information content (AvgIpc) is 2.90. The third-order valence-corrected chi connectivity index (χ3v) is 3.73. The van der Waals surface area contributed by atoms with Gasteiger partial charge in [-0.2, -0.15) is 0 Å². The molecule has 0 aliphatic carbocycles. The lowest BCUT2D eigenvalue weighted by Gasteiger charge is -2.07. The molecule has 0 saturated heterocycles. The minimum atomic E-state index is -3.59. The molecule has 0 aliphatic rings. The first-order valence-corrected chi connectivity index (χ1v) is 7.19. The van der Waals surface area contributed by atoms with Crippen molar-refractivity contribution in [1.82, 2.24) is 14.9 Å². The minimum absolute atomic E-state index is 0.0567. The minimum Gasteiger partial charge on any atom is -0.370 e. The maximum atomic E-state index is 12.1. The van der Waals surface area contributed by atoms with Gasteiger partial charge in [-0.05, 0) is 13.0 Å². The summed E-state index contributed by atoms with van der Waals surface area (Å²) in [6.45, 7) is 2.63. The first kappa shape index (κ1) is 13.5. The predicted octanol–water partition coefficient (Wildman–Crippen LogP) is 0.980. The summed E-state index contributed by atoms with van der Waals surface area (Å²) in [6.07, 6.45) is 2.90. The normalized spacial score (nSPS) is 11.4. The quantitative estimate of drug-likeness (QED) is 0.819. The summed E-state index contributed by atoms with van der Waals surface area (Å²) in [6, 6.07) is 4.51. The van der Waals surface area contributed by atoms with E-state index in [0.717, 1.165) is 0 Å². The molecule has 2 heterocycles. The largest absolute Gasteiger partial charge is 0.370 e. The van der Waals surface area contributed by atoms with Crippen LogP contribution < -0.4 is 10.0 Å². The van der Waals surface area contributed by atoms with Crippen LogP contribution in [0.5, 0.6) is 0 Å². The van der Waals surface area contributed by atoms with Gasteiger partial charge in [-0.25, -0.2) is 18.1 Å². The summed E-state index contributed by atoms with van der Waals surface area (Å²) in [4.78, 5) is 4.17. The van der Waals surface area contributed by atoms with Crippen LogP contribution in [0, 0.1) is 0 Å². The Morgan fingerprint density at radius 2 is 2.16 bits per heavy atom. The van der Waals surface area contributed by atoms with Crippen LogP contribution in [0.25, 0.3) is 0 Å². The highest BCUT2D eigenvalue weighted by molar-refractivity contribution is 7.89. The van der Waals surface area contributed by atoms with E-state index in [1.807, 2.05) is 6.92 Å². The molecule has 0 fully saturated rings. The van der Waals surface area contributed by atoms with Crippen LogP contribution in [-0.4, -0.2) is 25.1 Å². The van der Waals surface area contributed by atoms with Crippen LogP contribution in [0.2, 0.25) is 0 Å². The zero-order valence-electron chi connectivity index (χ0n) is 10.3. The van der Waals surface area contributed by atoms with Gasteiger partial charge in [-0.1, -0.05) is 5.16 Å². The number of nitrogens with zero attached hydrogens (tertiary/aromatic N) is 2. The lowest BCUT2D eigenvalue weighted by Crippen LogP contribution is -2.23. The summed E-state index contributed by atoms with van der Waals surface area (Å²) in [5.74, 6) is 0.967. The second-order valence-electron chi connectivity index (χ2n) is 3.71. The predicted molar refractivity (Wildman–Crippen MR) is 68.9 cm³/mol. The van der Waals surface area contributed by atoms with E-state index >= 15 is 0 Å². The number of rotatable bonds is 6. The number of nitrogens with one attached hydrogen (secondary N) is 2. The Morgan fingerprint density at radius 1 is 1.32 bits per heavy atom. The fraction of sp³-hybridized carbons (Fsp3) is 0.273. The van der Waals surface area contributed by atoms with Crippen molar-refractivity contribution in [1.29, 1.82) is 0 Å². The Kier molecular flexibility index (Phi) is 4.13. The van der Waals surface area contributed by atoms with E-state index in [9.17, 15) is 8.42 Å². The van der Waals surface area contributed by atoms with E-state index in [-0.39, 0.29) is 11.4 Å². The molecule has 0 aromatic carbocycles. The van der Waals surface area contributed by atoms with E-state index in [4.69, 9.17) is 4.52 Å². The van der Waals surface area contributed by atoms with Crippen LogP contribution >= 0.6 is 0 Å². The molecule has 2 aromatic heterocycles. The fourth-order valence-electron chi connectivity index (χ4n) is 1.44. The molecule has 2 aromatic rings. The Hall–Kier alpha value is -1.93. The highest BCUT2D eigenvalue weighted by Crippen LogP contribution is 2.13. The van der Waals surface area contributed by atoms with E-state index in [1.165, 1.54) is 24.5 Å². The van der Waals surface area contributed by atoms with Gasteiger partial charge in [0.1, 0.15) is 5.82 Å². The van der Waals surface area contributed by atoms with Crippen LogP contribution in [0.3, 0.4) is 0 Å². The summed E-state index contributed by atoms with van der Waals surface area (Å²) in [5, 5.41) is 6.46. The third kappa shape index (κ3) is 3.52. The Balaban J connectivity index is 2.12. The van der Waals surface area contributed by atoms with E-state index in [2.05, 4.69) is 20.2 Å². The van der Waals surface area contributed by atoms with Gasteiger partial charge in [0.15, 0.2) is 5.76 Å². The first-order chi connectivity index (χ1) is 9.12. The van der Waals surface area contributed by atoms with Gasteiger partial charge >= 0.3 is 0 Å². The van der Waals surface area contributed by atoms with Crippen LogP contribution in [0.15, 0.2) is 40.0 Å². The molecule has 102 valence electrons. The van der Waals surface area contributed by atoms with Crippen LogP contribution in [0.4, 0.5) is 5.82 Å². The number of hydrogen-bond donors (Lipinski definition) is 2. The number of sulfonamides is 1. The number of pyridine rings is 1. The molecule has 0 amide bonds. The zero-order chi connectivity index (χ0) is 13.7. The summed E-state index contributed by atoms with van der Waals surface area (Å²) < 4.78 is 31.4. The molecule has 7 nitrogen and oxygen atoms in total. The van der Waals surface area contributed by atoms with Crippen molar-refractivity contribution in [3.05, 3.63) is 36.4 Å². The Morgan fingerprint density at radius 3 is 2.84 bits per heavy atom. The monoisotopic (exact) mass is 282 g/mol. The molecule has 8 heteroatoms. The number of hydrogen-bond acceptors (Lipinski definition) is 6. The summed E-state index contributed by atoms with van der Waals surface area (Å²) in [5.41, 5.74) is 0. The zero-order valence-corrected chi connectivity index (χ0v) is 11.1. The summed E-state index contributed by atoms with van der Waals surface area (Å²) in [7, 11) is -3.59. The standard InChI is InChI=1S/C11H14N4O3S/c1-2-12-11-7-10(4-5-13-11)19(16,17)15-8-9-3-6-14-18-9/h3-7,15H,2,8H2,1H3,(H,12,13).